The molecule has 1 N–H and O–H groups in total. The van der Waals surface area contributed by atoms with Gasteiger partial charge in [0.25, 0.3) is 0 Å². The Balaban J connectivity index is 2.38. The maximum Gasteiger partial charge on any atom is 0.338 e. The molecule has 1 fully saturated rings. The molecule has 1 saturated heterocycles. The first-order chi connectivity index (χ1) is 9.31. The van der Waals surface area contributed by atoms with Crippen LogP contribution in [0.1, 0.15) is 22.3 Å². The van der Waals surface area contributed by atoms with E-state index in [-0.39, 0.29) is 22.1 Å². The summed E-state index contributed by atoms with van der Waals surface area (Å²) in [5, 5.41) is 8.91. The number of aryl methyl sites for hydroxylation is 1. The van der Waals surface area contributed by atoms with Crippen LogP contribution in [-0.2, 0) is 14.6 Å². The predicted octanol–water partition coefficient (Wildman–Crippen LogP) is 1.64. The summed E-state index contributed by atoms with van der Waals surface area (Å²) in [5.41, 5.74) is -0.614. The molecule has 1 aromatic carbocycles. The van der Waals surface area contributed by atoms with Crippen LogP contribution < -0.4 is 0 Å². The molecule has 0 amide bonds. The first kappa shape index (κ1) is 14.9. The van der Waals surface area contributed by atoms with Crippen LogP contribution >= 0.6 is 0 Å². The summed E-state index contributed by atoms with van der Waals surface area (Å²) >= 11 is 0. The van der Waals surface area contributed by atoms with Crippen LogP contribution in [-0.4, -0.2) is 38.5 Å². The van der Waals surface area contributed by atoms with Crippen LogP contribution in [0, 0.1) is 18.7 Å². The van der Waals surface area contributed by atoms with E-state index < -0.39 is 27.2 Å². The Kier molecular flexibility index (Phi) is 4.10. The van der Waals surface area contributed by atoms with Crippen LogP contribution in [0.2, 0.25) is 0 Å². The van der Waals surface area contributed by atoms with Gasteiger partial charge in [0.15, 0.2) is 9.84 Å². The molecular formula is C13H15FO5S. The molecule has 0 radical (unpaired) electrons. The third-order valence-corrected chi connectivity index (χ3v) is 5.16. The third kappa shape index (κ3) is 2.99. The van der Waals surface area contributed by atoms with E-state index in [1.54, 1.807) is 0 Å². The second-order valence-electron chi connectivity index (χ2n) is 4.92. The molecule has 0 aliphatic carbocycles. The SMILES string of the molecule is Cc1cc(S(=O)(=O)CC2CCOC2)cc(C(=O)O)c1F. The lowest BCUT2D eigenvalue weighted by Crippen LogP contribution is -2.17. The van der Waals surface area contributed by atoms with E-state index in [4.69, 9.17) is 9.84 Å². The summed E-state index contributed by atoms with van der Waals surface area (Å²) in [6, 6.07) is 2.06. The largest absolute Gasteiger partial charge is 0.478 e. The van der Waals surface area contributed by atoms with Gasteiger partial charge in [-0.15, -0.1) is 0 Å². The summed E-state index contributed by atoms with van der Waals surface area (Å²) < 4.78 is 43.3. The number of aromatic carboxylic acids is 1. The van der Waals surface area contributed by atoms with Gasteiger partial charge in [-0.3, -0.25) is 0 Å². The van der Waals surface area contributed by atoms with Gasteiger partial charge in [-0.2, -0.15) is 0 Å². The Morgan fingerprint density at radius 3 is 2.75 bits per heavy atom. The first-order valence-corrected chi connectivity index (χ1v) is 7.80. The average molecular weight is 302 g/mol. The Labute approximate surface area is 116 Å². The number of hydrogen-bond acceptors (Lipinski definition) is 4. The lowest BCUT2D eigenvalue weighted by molar-refractivity contribution is 0.0691. The van der Waals surface area contributed by atoms with Gasteiger partial charge in [0.05, 0.1) is 22.8 Å². The van der Waals surface area contributed by atoms with Crippen molar-refractivity contribution in [3.8, 4) is 0 Å². The van der Waals surface area contributed by atoms with Crippen LogP contribution in [0.15, 0.2) is 17.0 Å². The number of benzene rings is 1. The normalized spacial score (nSPS) is 19.2. The van der Waals surface area contributed by atoms with E-state index in [0.29, 0.717) is 19.6 Å². The second-order valence-corrected chi connectivity index (χ2v) is 6.95. The molecule has 20 heavy (non-hydrogen) atoms. The predicted molar refractivity (Wildman–Crippen MR) is 69.1 cm³/mol. The molecule has 0 bridgehead atoms. The van der Waals surface area contributed by atoms with Crippen molar-refractivity contribution < 1.29 is 27.4 Å². The molecule has 0 spiro atoms. The molecule has 0 aromatic heterocycles. The fourth-order valence-electron chi connectivity index (χ4n) is 2.19. The number of hydrogen-bond donors (Lipinski definition) is 1. The van der Waals surface area contributed by atoms with Crippen molar-refractivity contribution in [1.29, 1.82) is 0 Å². The number of carbonyl (C=O) groups is 1. The van der Waals surface area contributed by atoms with E-state index in [2.05, 4.69) is 0 Å². The quantitative estimate of drug-likeness (QED) is 0.855. The number of sulfone groups is 1. The molecule has 1 unspecified atom stereocenters. The van der Waals surface area contributed by atoms with Gasteiger partial charge in [0, 0.05) is 6.61 Å². The highest BCUT2D eigenvalue weighted by Crippen LogP contribution is 2.24. The van der Waals surface area contributed by atoms with Gasteiger partial charge in [-0.05, 0) is 37.0 Å². The van der Waals surface area contributed by atoms with E-state index in [0.717, 1.165) is 6.07 Å². The highest BCUT2D eigenvalue weighted by molar-refractivity contribution is 7.91. The maximum atomic E-state index is 13.6. The van der Waals surface area contributed by atoms with Crippen molar-refractivity contribution in [3.63, 3.8) is 0 Å². The number of rotatable bonds is 4. The van der Waals surface area contributed by atoms with E-state index in [9.17, 15) is 17.6 Å². The number of carboxylic acids is 1. The summed E-state index contributed by atoms with van der Waals surface area (Å²) in [6.45, 7) is 2.26. The third-order valence-electron chi connectivity index (χ3n) is 3.30. The summed E-state index contributed by atoms with van der Waals surface area (Å²) in [7, 11) is -3.65. The van der Waals surface area contributed by atoms with Crippen molar-refractivity contribution >= 4 is 15.8 Å². The lowest BCUT2D eigenvalue weighted by Gasteiger charge is -2.11. The minimum atomic E-state index is -3.65. The zero-order valence-corrected chi connectivity index (χ0v) is 11.7. The molecule has 1 aliphatic rings. The minimum Gasteiger partial charge on any atom is -0.478 e. The van der Waals surface area contributed by atoms with Crippen molar-refractivity contribution in [2.24, 2.45) is 5.92 Å². The van der Waals surface area contributed by atoms with Crippen molar-refractivity contribution in [1.82, 2.24) is 0 Å². The topological polar surface area (TPSA) is 80.7 Å². The van der Waals surface area contributed by atoms with Gasteiger partial charge >= 0.3 is 5.97 Å². The molecule has 0 saturated carbocycles. The smallest absolute Gasteiger partial charge is 0.338 e. The minimum absolute atomic E-state index is 0.00569. The van der Waals surface area contributed by atoms with E-state index in [1.165, 1.54) is 13.0 Å². The summed E-state index contributed by atoms with van der Waals surface area (Å²) in [6.07, 6.45) is 0.658. The summed E-state index contributed by atoms with van der Waals surface area (Å²) in [4.78, 5) is 10.8. The van der Waals surface area contributed by atoms with Crippen LogP contribution in [0.3, 0.4) is 0 Å². The van der Waals surface area contributed by atoms with Gasteiger partial charge in [0.2, 0.25) is 0 Å². The molecule has 110 valence electrons. The Morgan fingerprint density at radius 2 is 2.20 bits per heavy atom. The van der Waals surface area contributed by atoms with E-state index in [1.807, 2.05) is 0 Å². The van der Waals surface area contributed by atoms with Gasteiger partial charge < -0.3 is 9.84 Å². The maximum absolute atomic E-state index is 13.6. The van der Waals surface area contributed by atoms with Gasteiger partial charge in [-0.1, -0.05) is 0 Å². The van der Waals surface area contributed by atoms with Crippen molar-refractivity contribution in [2.45, 2.75) is 18.2 Å². The Bertz CT molecular complexity index is 632. The standard InChI is InChI=1S/C13H15FO5S/c1-8-4-10(5-11(12(8)14)13(15)16)20(17,18)7-9-2-3-19-6-9/h4-5,9H,2-3,6-7H2,1H3,(H,15,16). The zero-order valence-electron chi connectivity index (χ0n) is 10.9. The lowest BCUT2D eigenvalue weighted by atomic mass is 10.1. The molecule has 7 heteroatoms. The molecule has 1 heterocycles. The van der Waals surface area contributed by atoms with Crippen molar-refractivity contribution in [3.05, 3.63) is 29.1 Å². The van der Waals surface area contributed by atoms with Crippen molar-refractivity contribution in [2.75, 3.05) is 19.0 Å². The monoisotopic (exact) mass is 302 g/mol. The van der Waals surface area contributed by atoms with Gasteiger partial charge in [0.1, 0.15) is 5.82 Å². The molecule has 1 aliphatic heterocycles. The molecular weight excluding hydrogens is 287 g/mol. The summed E-state index contributed by atoms with van der Waals surface area (Å²) in [5.74, 6) is -2.59. The molecule has 5 nitrogen and oxygen atoms in total. The highest BCUT2D eigenvalue weighted by atomic mass is 32.2. The average Bonchev–Trinajstić information content (AvgIpc) is 2.83. The van der Waals surface area contributed by atoms with Crippen LogP contribution in [0.4, 0.5) is 4.39 Å². The first-order valence-electron chi connectivity index (χ1n) is 6.15. The van der Waals surface area contributed by atoms with Gasteiger partial charge in [-0.25, -0.2) is 17.6 Å². The number of ether oxygens (including phenoxy) is 1. The number of halogens is 1. The Morgan fingerprint density at radius 1 is 1.50 bits per heavy atom. The van der Waals surface area contributed by atoms with Crippen LogP contribution in [0.25, 0.3) is 0 Å². The molecule has 1 aromatic rings. The second kappa shape index (κ2) is 5.49. The molecule has 2 rings (SSSR count). The fourth-order valence-corrected chi connectivity index (χ4v) is 3.92. The van der Waals surface area contributed by atoms with E-state index >= 15 is 0 Å². The Hall–Kier alpha value is -1.47. The van der Waals surface area contributed by atoms with Crippen LogP contribution in [0.5, 0.6) is 0 Å². The highest BCUT2D eigenvalue weighted by Gasteiger charge is 2.26. The molecule has 1 atom stereocenters. The fraction of sp³-hybridized carbons (Fsp3) is 0.462. The number of carboxylic acid groups (broad SMARTS) is 1. The zero-order chi connectivity index (χ0) is 14.9.